The van der Waals surface area contributed by atoms with Crippen LogP contribution in [0.2, 0.25) is 0 Å². The third-order valence-corrected chi connectivity index (χ3v) is 2.89. The van der Waals surface area contributed by atoms with Gasteiger partial charge in [0.15, 0.2) is 0 Å². The van der Waals surface area contributed by atoms with Crippen LogP contribution in [0.4, 0.5) is 18.0 Å². The summed E-state index contributed by atoms with van der Waals surface area (Å²) >= 11 is 0. The van der Waals surface area contributed by atoms with Gasteiger partial charge in [-0.2, -0.15) is 13.2 Å². The minimum Gasteiger partial charge on any atom is -0.479 e. The van der Waals surface area contributed by atoms with E-state index in [1.165, 1.54) is 12.4 Å². The smallest absolute Gasteiger partial charge is 0.422 e. The molecule has 0 saturated carbocycles. The predicted octanol–water partition coefficient (Wildman–Crippen LogP) is 2.14. The van der Waals surface area contributed by atoms with Crippen molar-refractivity contribution < 1.29 is 32.3 Å². The van der Waals surface area contributed by atoms with Crippen LogP contribution in [0, 0.1) is 6.92 Å². The van der Waals surface area contributed by atoms with Crippen LogP contribution in [0.5, 0.6) is 0 Å². The van der Waals surface area contributed by atoms with Crippen molar-refractivity contribution in [2.45, 2.75) is 32.1 Å². The summed E-state index contributed by atoms with van der Waals surface area (Å²) in [5.41, 5.74) is -3.36. The van der Waals surface area contributed by atoms with Gasteiger partial charge >= 0.3 is 18.2 Å². The standard InChI is InChI=1S/C12H15F3N2O4/c1-7-4-5-8(21-7)6-17(3)10(20)16-11(2,9(18)19)12(13,14)15/h4-5H,6H2,1-3H3,(H,16,20)(H,18,19). The molecule has 0 bridgehead atoms. The molecule has 1 unspecified atom stereocenters. The van der Waals surface area contributed by atoms with E-state index in [0.717, 1.165) is 4.90 Å². The molecule has 118 valence electrons. The van der Waals surface area contributed by atoms with Crippen LogP contribution in [0.25, 0.3) is 0 Å². The van der Waals surface area contributed by atoms with Crippen LogP contribution in [-0.4, -0.2) is 40.8 Å². The van der Waals surface area contributed by atoms with Gasteiger partial charge in [0.2, 0.25) is 5.54 Å². The molecule has 9 heteroatoms. The van der Waals surface area contributed by atoms with Crippen molar-refractivity contribution >= 4 is 12.0 Å². The topological polar surface area (TPSA) is 82.8 Å². The molecule has 0 fully saturated rings. The summed E-state index contributed by atoms with van der Waals surface area (Å²) < 4.78 is 43.5. The Morgan fingerprint density at radius 2 is 1.95 bits per heavy atom. The van der Waals surface area contributed by atoms with Crippen LogP contribution in [0.15, 0.2) is 16.5 Å². The van der Waals surface area contributed by atoms with Crippen LogP contribution in [0.3, 0.4) is 0 Å². The molecule has 21 heavy (non-hydrogen) atoms. The molecule has 2 amide bonds. The number of nitrogens with one attached hydrogen (secondary N) is 1. The number of alkyl halides is 3. The first-order chi connectivity index (χ1) is 9.47. The number of carboxylic acid groups (broad SMARTS) is 1. The van der Waals surface area contributed by atoms with E-state index in [1.54, 1.807) is 19.1 Å². The second-order valence-electron chi connectivity index (χ2n) is 4.73. The van der Waals surface area contributed by atoms with Crippen molar-refractivity contribution in [3.05, 3.63) is 23.7 Å². The number of carbonyl (C=O) groups excluding carboxylic acids is 1. The fraction of sp³-hybridized carbons (Fsp3) is 0.500. The average Bonchev–Trinajstić information content (AvgIpc) is 2.72. The van der Waals surface area contributed by atoms with Gasteiger partial charge in [0.25, 0.3) is 0 Å². The first-order valence-electron chi connectivity index (χ1n) is 5.86. The summed E-state index contributed by atoms with van der Waals surface area (Å²) in [7, 11) is 1.23. The summed E-state index contributed by atoms with van der Waals surface area (Å²) in [6.45, 7) is 1.97. The molecule has 0 radical (unpaired) electrons. The maximum absolute atomic E-state index is 12.8. The third-order valence-electron chi connectivity index (χ3n) is 2.89. The van der Waals surface area contributed by atoms with Crippen molar-refractivity contribution in [2.24, 2.45) is 0 Å². The summed E-state index contributed by atoms with van der Waals surface area (Å²) in [4.78, 5) is 23.4. The number of aryl methyl sites for hydroxylation is 1. The zero-order valence-corrected chi connectivity index (χ0v) is 11.6. The predicted molar refractivity (Wildman–Crippen MR) is 65.5 cm³/mol. The highest BCUT2D eigenvalue weighted by Crippen LogP contribution is 2.30. The molecule has 1 aromatic heterocycles. The third kappa shape index (κ3) is 3.67. The minimum atomic E-state index is -5.13. The number of amides is 2. The Labute approximate surface area is 118 Å². The number of nitrogens with zero attached hydrogens (tertiary/aromatic N) is 1. The van der Waals surface area contributed by atoms with Gasteiger partial charge in [0.1, 0.15) is 11.5 Å². The fourth-order valence-corrected chi connectivity index (χ4v) is 1.43. The molecule has 1 rings (SSSR count). The summed E-state index contributed by atoms with van der Waals surface area (Å²) in [5.74, 6) is -1.23. The Balaban J connectivity index is 2.80. The molecule has 0 aliphatic carbocycles. The molecule has 0 aromatic carbocycles. The molecule has 6 nitrogen and oxygen atoms in total. The number of hydrogen-bond donors (Lipinski definition) is 2. The van der Waals surface area contributed by atoms with Crippen LogP contribution < -0.4 is 5.32 Å². The zero-order chi connectivity index (χ0) is 16.4. The fourth-order valence-electron chi connectivity index (χ4n) is 1.43. The summed E-state index contributed by atoms with van der Waals surface area (Å²) in [5, 5.41) is 10.2. The van der Waals surface area contributed by atoms with E-state index in [-0.39, 0.29) is 6.54 Å². The van der Waals surface area contributed by atoms with Crippen LogP contribution in [-0.2, 0) is 11.3 Å². The molecule has 0 saturated heterocycles. The van der Waals surface area contributed by atoms with Crippen molar-refractivity contribution in [2.75, 3.05) is 7.05 Å². The van der Waals surface area contributed by atoms with Gasteiger partial charge in [-0.05, 0) is 26.0 Å². The largest absolute Gasteiger partial charge is 0.479 e. The SMILES string of the molecule is Cc1ccc(CN(C)C(=O)NC(C)(C(=O)O)C(F)(F)F)o1. The van der Waals surface area contributed by atoms with E-state index in [4.69, 9.17) is 9.52 Å². The van der Waals surface area contributed by atoms with Gasteiger partial charge < -0.3 is 19.7 Å². The van der Waals surface area contributed by atoms with Crippen LogP contribution >= 0.6 is 0 Å². The van der Waals surface area contributed by atoms with Gasteiger partial charge in [-0.3, -0.25) is 0 Å². The molecule has 0 aliphatic heterocycles. The Bertz CT molecular complexity index is 541. The number of furan rings is 1. The van der Waals surface area contributed by atoms with Crippen LogP contribution in [0.1, 0.15) is 18.4 Å². The van der Waals surface area contributed by atoms with Crippen molar-refractivity contribution in [1.82, 2.24) is 10.2 Å². The minimum absolute atomic E-state index is 0.0901. The van der Waals surface area contributed by atoms with Gasteiger partial charge in [0, 0.05) is 7.05 Å². The Morgan fingerprint density at radius 1 is 1.38 bits per heavy atom. The Morgan fingerprint density at radius 3 is 2.33 bits per heavy atom. The average molecular weight is 308 g/mol. The number of carbonyl (C=O) groups is 2. The van der Waals surface area contributed by atoms with Gasteiger partial charge in [-0.15, -0.1) is 0 Å². The van der Waals surface area contributed by atoms with Gasteiger partial charge in [-0.1, -0.05) is 0 Å². The molecule has 1 aromatic rings. The number of aliphatic carboxylic acids is 1. The van der Waals surface area contributed by atoms with E-state index in [9.17, 15) is 22.8 Å². The highest BCUT2D eigenvalue weighted by Gasteiger charge is 2.58. The second-order valence-corrected chi connectivity index (χ2v) is 4.73. The first kappa shape index (κ1) is 16.9. The number of hydrogen-bond acceptors (Lipinski definition) is 3. The van der Waals surface area contributed by atoms with E-state index >= 15 is 0 Å². The van der Waals surface area contributed by atoms with Crippen molar-refractivity contribution in [1.29, 1.82) is 0 Å². The van der Waals surface area contributed by atoms with E-state index in [2.05, 4.69) is 0 Å². The lowest BCUT2D eigenvalue weighted by molar-refractivity contribution is -0.203. The molecular weight excluding hydrogens is 293 g/mol. The first-order valence-corrected chi connectivity index (χ1v) is 5.86. The maximum Gasteiger partial charge on any atom is 0.422 e. The monoisotopic (exact) mass is 308 g/mol. The lowest BCUT2D eigenvalue weighted by atomic mass is 10.0. The Hall–Kier alpha value is -2.19. The summed E-state index contributed by atoms with van der Waals surface area (Å²) in [6, 6.07) is 2.03. The normalized spacial score (nSPS) is 14.4. The molecule has 0 aliphatic rings. The van der Waals surface area contributed by atoms with Crippen molar-refractivity contribution in [3.8, 4) is 0 Å². The number of urea groups is 1. The highest BCUT2D eigenvalue weighted by molar-refractivity contribution is 5.86. The van der Waals surface area contributed by atoms with E-state index < -0.39 is 23.7 Å². The summed E-state index contributed by atoms with van der Waals surface area (Å²) in [6.07, 6.45) is -5.13. The maximum atomic E-state index is 12.8. The molecule has 1 atom stereocenters. The number of halogens is 3. The molecule has 2 N–H and O–H groups in total. The number of carboxylic acids is 1. The zero-order valence-electron chi connectivity index (χ0n) is 11.6. The Kier molecular flexibility index (Phi) is 4.55. The number of rotatable bonds is 4. The molecule has 1 heterocycles. The van der Waals surface area contributed by atoms with Gasteiger partial charge in [0.05, 0.1) is 6.54 Å². The van der Waals surface area contributed by atoms with Crippen molar-refractivity contribution in [3.63, 3.8) is 0 Å². The molecule has 0 spiro atoms. The lowest BCUT2D eigenvalue weighted by Gasteiger charge is -2.30. The highest BCUT2D eigenvalue weighted by atomic mass is 19.4. The van der Waals surface area contributed by atoms with E-state index in [1.807, 2.05) is 0 Å². The lowest BCUT2D eigenvalue weighted by Crippen LogP contribution is -2.63. The molecular formula is C12H15F3N2O4. The van der Waals surface area contributed by atoms with Gasteiger partial charge in [-0.25, -0.2) is 9.59 Å². The quantitative estimate of drug-likeness (QED) is 0.892. The second kappa shape index (κ2) is 5.66. The van der Waals surface area contributed by atoms with E-state index in [0.29, 0.717) is 18.4 Å².